The Balaban J connectivity index is 1.60. The monoisotopic (exact) mass is 306 g/mol. The van der Waals surface area contributed by atoms with Gasteiger partial charge in [-0.05, 0) is 32.6 Å². The summed E-state index contributed by atoms with van der Waals surface area (Å²) in [6, 6.07) is 0.557. The van der Waals surface area contributed by atoms with Crippen molar-refractivity contribution in [3.63, 3.8) is 0 Å². The minimum atomic E-state index is 0.204. The number of amides is 2. The minimum absolute atomic E-state index is 0.204. The highest BCUT2D eigenvalue weighted by molar-refractivity contribution is 5.75. The first-order chi connectivity index (χ1) is 10.8. The van der Waals surface area contributed by atoms with Gasteiger partial charge in [0.1, 0.15) is 5.82 Å². The van der Waals surface area contributed by atoms with Crippen LogP contribution in [0.25, 0.3) is 0 Å². The van der Waals surface area contributed by atoms with E-state index in [1.165, 1.54) is 6.42 Å². The van der Waals surface area contributed by atoms with Gasteiger partial charge < -0.3 is 19.1 Å². The van der Waals surface area contributed by atoms with E-state index in [1.54, 1.807) is 0 Å². The molecule has 6 nitrogen and oxygen atoms in total. The number of urea groups is 1. The number of piperidine rings is 1. The van der Waals surface area contributed by atoms with Gasteiger partial charge in [0, 0.05) is 44.6 Å². The summed E-state index contributed by atoms with van der Waals surface area (Å²) in [5, 5.41) is 0. The van der Waals surface area contributed by atoms with E-state index in [1.807, 2.05) is 24.2 Å². The maximum absolute atomic E-state index is 12.8. The van der Waals surface area contributed by atoms with Crippen LogP contribution in [0.4, 0.5) is 4.79 Å². The van der Waals surface area contributed by atoms with Crippen LogP contribution in [0.3, 0.4) is 0 Å². The average molecular weight is 306 g/mol. The topological polar surface area (TPSA) is 50.6 Å². The Hall–Kier alpha value is -1.56. The highest BCUT2D eigenvalue weighted by Gasteiger charge is 2.30. The molecule has 2 aliphatic rings. The molecule has 0 spiro atoms. The highest BCUT2D eigenvalue weighted by Crippen LogP contribution is 2.22. The predicted molar refractivity (Wildman–Crippen MR) is 83.7 cm³/mol. The maximum Gasteiger partial charge on any atom is 0.320 e. The molecule has 3 rings (SSSR count). The number of aromatic nitrogens is 2. The van der Waals surface area contributed by atoms with Gasteiger partial charge >= 0.3 is 6.03 Å². The van der Waals surface area contributed by atoms with Crippen molar-refractivity contribution in [2.75, 3.05) is 32.8 Å². The number of aryl methyl sites for hydroxylation is 2. The van der Waals surface area contributed by atoms with Gasteiger partial charge in [0.25, 0.3) is 0 Å². The lowest BCUT2D eigenvalue weighted by atomic mass is 9.99. The summed E-state index contributed by atoms with van der Waals surface area (Å²) in [6.07, 6.45) is 8.33. The molecule has 0 unspecified atom stereocenters. The number of hydrogen-bond donors (Lipinski definition) is 0. The van der Waals surface area contributed by atoms with Gasteiger partial charge in [-0.15, -0.1) is 0 Å². The van der Waals surface area contributed by atoms with Crippen LogP contribution >= 0.6 is 0 Å². The SMILES string of the molecule is Cc1nccn1CC[C@H]1CCCCN1C(=O)N1CCOCC1. The standard InChI is InChI=1S/C16H26N4O2/c1-14-17-6-9-18(14)8-5-15-4-2-3-7-20(15)16(21)19-10-12-22-13-11-19/h6,9,15H,2-5,7-8,10-13H2,1H3/t15-/m1/s1. The summed E-state index contributed by atoms with van der Waals surface area (Å²) in [7, 11) is 0. The molecule has 22 heavy (non-hydrogen) atoms. The second-order valence-corrected chi connectivity index (χ2v) is 6.18. The molecular formula is C16H26N4O2. The highest BCUT2D eigenvalue weighted by atomic mass is 16.5. The van der Waals surface area contributed by atoms with E-state index in [4.69, 9.17) is 4.74 Å². The summed E-state index contributed by atoms with van der Waals surface area (Å²) in [5.41, 5.74) is 0. The van der Waals surface area contributed by atoms with Crippen molar-refractivity contribution in [3.8, 4) is 0 Å². The van der Waals surface area contributed by atoms with E-state index in [9.17, 15) is 4.79 Å². The van der Waals surface area contributed by atoms with Gasteiger partial charge in [0.15, 0.2) is 0 Å². The smallest absolute Gasteiger partial charge is 0.320 e. The minimum Gasteiger partial charge on any atom is -0.378 e. The number of carbonyl (C=O) groups excluding carboxylic acids is 1. The summed E-state index contributed by atoms with van der Waals surface area (Å²) >= 11 is 0. The Morgan fingerprint density at radius 1 is 1.32 bits per heavy atom. The molecule has 0 saturated carbocycles. The normalized spacial score (nSPS) is 22.9. The van der Waals surface area contributed by atoms with Gasteiger partial charge in [-0.3, -0.25) is 0 Å². The van der Waals surface area contributed by atoms with Crippen LogP contribution in [0.2, 0.25) is 0 Å². The van der Waals surface area contributed by atoms with Crippen molar-refractivity contribution in [2.45, 2.75) is 45.2 Å². The number of rotatable bonds is 3. The first-order valence-corrected chi connectivity index (χ1v) is 8.37. The van der Waals surface area contributed by atoms with Gasteiger partial charge in [-0.1, -0.05) is 0 Å². The van der Waals surface area contributed by atoms with Crippen LogP contribution in [-0.2, 0) is 11.3 Å². The van der Waals surface area contributed by atoms with E-state index >= 15 is 0 Å². The predicted octanol–water partition coefficient (Wildman–Crippen LogP) is 1.89. The molecule has 1 aromatic rings. The Kier molecular flexibility index (Phi) is 4.97. The van der Waals surface area contributed by atoms with Crippen molar-refractivity contribution >= 4 is 6.03 Å². The van der Waals surface area contributed by atoms with E-state index in [0.29, 0.717) is 19.3 Å². The Morgan fingerprint density at radius 2 is 2.14 bits per heavy atom. The lowest BCUT2D eigenvalue weighted by Gasteiger charge is -2.40. The number of carbonyl (C=O) groups is 1. The summed E-state index contributed by atoms with van der Waals surface area (Å²) in [6.45, 7) is 6.63. The van der Waals surface area contributed by atoms with Crippen molar-refractivity contribution in [2.24, 2.45) is 0 Å². The molecule has 0 aromatic carbocycles. The lowest BCUT2D eigenvalue weighted by Crippen LogP contribution is -2.53. The summed E-state index contributed by atoms with van der Waals surface area (Å²) in [5.74, 6) is 1.04. The van der Waals surface area contributed by atoms with Crippen LogP contribution in [0.15, 0.2) is 12.4 Å². The number of hydrogen-bond acceptors (Lipinski definition) is 3. The summed E-state index contributed by atoms with van der Waals surface area (Å²) in [4.78, 5) is 21.1. The molecule has 2 aliphatic heterocycles. The molecule has 0 radical (unpaired) electrons. The Labute approximate surface area is 132 Å². The number of ether oxygens (including phenoxy) is 1. The largest absolute Gasteiger partial charge is 0.378 e. The molecule has 6 heteroatoms. The van der Waals surface area contributed by atoms with Gasteiger partial charge in [-0.25, -0.2) is 9.78 Å². The number of morpholine rings is 1. The fourth-order valence-electron chi connectivity index (χ4n) is 3.42. The lowest BCUT2D eigenvalue weighted by molar-refractivity contribution is 0.0346. The molecule has 0 N–H and O–H groups in total. The van der Waals surface area contributed by atoms with Crippen LogP contribution < -0.4 is 0 Å². The third-order valence-corrected chi connectivity index (χ3v) is 4.78. The molecule has 0 aliphatic carbocycles. The Morgan fingerprint density at radius 3 is 2.86 bits per heavy atom. The maximum atomic E-state index is 12.8. The summed E-state index contributed by atoms with van der Waals surface area (Å²) < 4.78 is 7.52. The number of imidazole rings is 1. The van der Waals surface area contributed by atoms with Crippen LogP contribution in [0.1, 0.15) is 31.5 Å². The van der Waals surface area contributed by atoms with Gasteiger partial charge in [0.05, 0.1) is 13.2 Å². The molecule has 2 fully saturated rings. The first-order valence-electron chi connectivity index (χ1n) is 8.37. The zero-order valence-electron chi connectivity index (χ0n) is 13.4. The fourth-order valence-corrected chi connectivity index (χ4v) is 3.42. The van der Waals surface area contributed by atoms with Crippen molar-refractivity contribution in [3.05, 3.63) is 18.2 Å². The zero-order valence-corrected chi connectivity index (χ0v) is 13.4. The quantitative estimate of drug-likeness (QED) is 0.857. The van der Waals surface area contributed by atoms with Crippen LogP contribution in [0, 0.1) is 6.92 Å². The molecule has 0 bridgehead atoms. The fraction of sp³-hybridized carbons (Fsp3) is 0.750. The van der Waals surface area contributed by atoms with Crippen LogP contribution in [-0.4, -0.2) is 64.3 Å². The zero-order chi connectivity index (χ0) is 15.4. The molecule has 1 atom stereocenters. The second-order valence-electron chi connectivity index (χ2n) is 6.18. The van der Waals surface area contributed by atoms with E-state index in [0.717, 1.165) is 51.3 Å². The first kappa shape index (κ1) is 15.3. The molecule has 1 aromatic heterocycles. The van der Waals surface area contributed by atoms with E-state index < -0.39 is 0 Å². The number of likely N-dealkylation sites (tertiary alicyclic amines) is 1. The van der Waals surface area contributed by atoms with Crippen molar-refractivity contribution in [1.82, 2.24) is 19.4 Å². The molecule has 122 valence electrons. The van der Waals surface area contributed by atoms with Crippen molar-refractivity contribution < 1.29 is 9.53 Å². The average Bonchev–Trinajstić information content (AvgIpc) is 2.98. The van der Waals surface area contributed by atoms with E-state index in [-0.39, 0.29) is 6.03 Å². The van der Waals surface area contributed by atoms with Gasteiger partial charge in [-0.2, -0.15) is 0 Å². The number of nitrogens with zero attached hydrogens (tertiary/aromatic N) is 4. The Bertz CT molecular complexity index is 496. The van der Waals surface area contributed by atoms with Gasteiger partial charge in [0.2, 0.25) is 0 Å². The molecule has 2 amide bonds. The molecular weight excluding hydrogens is 280 g/mol. The third kappa shape index (κ3) is 3.43. The third-order valence-electron chi connectivity index (χ3n) is 4.78. The molecule has 3 heterocycles. The van der Waals surface area contributed by atoms with E-state index in [2.05, 4.69) is 14.5 Å². The second kappa shape index (κ2) is 7.13. The molecule has 2 saturated heterocycles. The van der Waals surface area contributed by atoms with Crippen LogP contribution in [0.5, 0.6) is 0 Å². The van der Waals surface area contributed by atoms with Crippen molar-refractivity contribution in [1.29, 1.82) is 0 Å².